The van der Waals surface area contributed by atoms with Crippen LogP contribution in [0.15, 0.2) is 23.1 Å². The zero-order valence-electron chi connectivity index (χ0n) is 9.12. The van der Waals surface area contributed by atoms with Crippen LogP contribution in [-0.4, -0.2) is 18.5 Å². The van der Waals surface area contributed by atoms with E-state index >= 15 is 0 Å². The molecule has 0 heterocycles. The van der Waals surface area contributed by atoms with Gasteiger partial charge in [0.15, 0.2) is 0 Å². The van der Waals surface area contributed by atoms with Gasteiger partial charge in [-0.1, -0.05) is 12.1 Å². The van der Waals surface area contributed by atoms with E-state index < -0.39 is 5.60 Å². The predicted octanol–water partition coefficient (Wildman–Crippen LogP) is 2.79. The minimum Gasteiger partial charge on any atom is -0.495 e. The van der Waals surface area contributed by atoms with Gasteiger partial charge >= 0.3 is 0 Å². The number of methoxy groups -OCH3 is 1. The predicted molar refractivity (Wildman–Crippen MR) is 62.5 cm³/mol. The summed E-state index contributed by atoms with van der Waals surface area (Å²) < 4.78 is 5.41. The maximum atomic E-state index is 10.3. The van der Waals surface area contributed by atoms with Crippen molar-refractivity contribution in [1.82, 2.24) is 0 Å². The third kappa shape index (κ3) is 1.74. The van der Waals surface area contributed by atoms with Gasteiger partial charge in [-0.05, 0) is 31.6 Å². The third-order valence-electron chi connectivity index (χ3n) is 3.09. The first-order valence-electron chi connectivity index (χ1n) is 5.15. The topological polar surface area (TPSA) is 29.5 Å². The number of hydrogen-bond acceptors (Lipinski definition) is 3. The molecule has 1 fully saturated rings. The average Bonchev–Trinajstić information content (AvgIpc) is 2.24. The Morgan fingerprint density at radius 1 is 1.40 bits per heavy atom. The van der Waals surface area contributed by atoms with E-state index in [1.807, 2.05) is 24.5 Å². The van der Waals surface area contributed by atoms with Crippen LogP contribution in [0.25, 0.3) is 0 Å². The van der Waals surface area contributed by atoms with E-state index in [-0.39, 0.29) is 0 Å². The Morgan fingerprint density at radius 2 is 2.13 bits per heavy atom. The van der Waals surface area contributed by atoms with Crippen LogP contribution < -0.4 is 4.74 Å². The lowest BCUT2D eigenvalue weighted by molar-refractivity contribution is -0.0407. The van der Waals surface area contributed by atoms with E-state index in [2.05, 4.69) is 0 Å². The third-order valence-corrected chi connectivity index (χ3v) is 3.85. The van der Waals surface area contributed by atoms with E-state index in [9.17, 15) is 5.11 Å². The Morgan fingerprint density at radius 3 is 2.60 bits per heavy atom. The van der Waals surface area contributed by atoms with Gasteiger partial charge in [-0.25, -0.2) is 0 Å². The van der Waals surface area contributed by atoms with Gasteiger partial charge in [0.05, 0.1) is 12.7 Å². The normalized spacial score (nSPS) is 18.3. The van der Waals surface area contributed by atoms with Gasteiger partial charge in [0, 0.05) is 10.5 Å². The van der Waals surface area contributed by atoms with Crippen LogP contribution in [0.4, 0.5) is 0 Å². The maximum absolute atomic E-state index is 10.3. The van der Waals surface area contributed by atoms with Crippen LogP contribution in [0.3, 0.4) is 0 Å². The molecule has 1 N–H and O–H groups in total. The molecule has 0 aromatic heterocycles. The van der Waals surface area contributed by atoms with Crippen LogP contribution in [0.1, 0.15) is 24.8 Å². The fraction of sp³-hybridized carbons (Fsp3) is 0.500. The molecule has 0 saturated heterocycles. The van der Waals surface area contributed by atoms with Gasteiger partial charge in [-0.15, -0.1) is 11.8 Å². The van der Waals surface area contributed by atoms with Crippen molar-refractivity contribution in [3.8, 4) is 5.75 Å². The molecule has 0 amide bonds. The molecule has 0 radical (unpaired) electrons. The number of hydrogen-bond donors (Lipinski definition) is 1. The monoisotopic (exact) mass is 224 g/mol. The molecule has 1 aliphatic rings. The second-order valence-electron chi connectivity index (χ2n) is 3.93. The summed E-state index contributed by atoms with van der Waals surface area (Å²) in [5, 5.41) is 10.3. The zero-order valence-corrected chi connectivity index (χ0v) is 9.93. The molecule has 82 valence electrons. The minimum atomic E-state index is -0.642. The van der Waals surface area contributed by atoms with Crippen molar-refractivity contribution in [2.75, 3.05) is 13.4 Å². The lowest BCUT2D eigenvalue weighted by Gasteiger charge is -2.38. The summed E-state index contributed by atoms with van der Waals surface area (Å²) in [6.07, 6.45) is 4.82. The fourth-order valence-corrected chi connectivity index (χ4v) is 2.63. The summed E-state index contributed by atoms with van der Waals surface area (Å²) in [4.78, 5) is 1.09. The van der Waals surface area contributed by atoms with E-state index in [0.29, 0.717) is 0 Å². The molecule has 2 nitrogen and oxygen atoms in total. The molecular weight excluding hydrogens is 208 g/mol. The Labute approximate surface area is 94.6 Å². The van der Waals surface area contributed by atoms with E-state index in [0.717, 1.165) is 35.5 Å². The summed E-state index contributed by atoms with van der Waals surface area (Å²) in [5.41, 5.74) is 0.306. The Balaban J connectivity index is 2.46. The number of thioether (sulfide) groups is 1. The molecule has 2 rings (SSSR count). The highest BCUT2D eigenvalue weighted by Gasteiger charge is 2.38. The molecule has 0 spiro atoms. The molecule has 1 saturated carbocycles. The van der Waals surface area contributed by atoms with Crippen LogP contribution in [0.5, 0.6) is 5.75 Å². The summed E-state index contributed by atoms with van der Waals surface area (Å²) in [7, 11) is 1.67. The van der Waals surface area contributed by atoms with Crippen molar-refractivity contribution in [2.45, 2.75) is 29.8 Å². The largest absolute Gasteiger partial charge is 0.495 e. The second kappa shape index (κ2) is 4.06. The number of rotatable bonds is 3. The van der Waals surface area contributed by atoms with Crippen LogP contribution >= 0.6 is 11.8 Å². The number of para-hydroxylation sites is 1. The molecule has 0 atom stereocenters. The summed E-state index contributed by atoms with van der Waals surface area (Å²) in [6, 6.07) is 5.98. The van der Waals surface area contributed by atoms with E-state index in [1.165, 1.54) is 0 Å². The molecule has 0 bridgehead atoms. The highest BCUT2D eigenvalue weighted by molar-refractivity contribution is 7.98. The van der Waals surface area contributed by atoms with Gasteiger partial charge in [0.1, 0.15) is 5.75 Å². The zero-order chi connectivity index (χ0) is 10.9. The molecule has 15 heavy (non-hydrogen) atoms. The number of benzene rings is 1. The van der Waals surface area contributed by atoms with Crippen molar-refractivity contribution >= 4 is 11.8 Å². The SMILES string of the molecule is COc1c(SC)cccc1C1(O)CCC1. The standard InChI is InChI=1S/C12H16O2S/c1-14-11-9(12(13)7-4-8-12)5-3-6-10(11)15-2/h3,5-6,13H,4,7-8H2,1-2H3. The number of ether oxygens (including phenoxy) is 1. The van der Waals surface area contributed by atoms with Crippen molar-refractivity contribution < 1.29 is 9.84 Å². The van der Waals surface area contributed by atoms with Gasteiger partial charge in [0.2, 0.25) is 0 Å². The fourth-order valence-electron chi connectivity index (χ4n) is 2.03. The van der Waals surface area contributed by atoms with Gasteiger partial charge in [0.25, 0.3) is 0 Å². The first-order chi connectivity index (χ1) is 7.21. The average molecular weight is 224 g/mol. The van der Waals surface area contributed by atoms with Gasteiger partial charge < -0.3 is 9.84 Å². The van der Waals surface area contributed by atoms with E-state index in [4.69, 9.17) is 4.74 Å². The van der Waals surface area contributed by atoms with Crippen LogP contribution in [-0.2, 0) is 5.60 Å². The summed E-state index contributed by atoms with van der Waals surface area (Å²) >= 11 is 1.65. The van der Waals surface area contributed by atoms with Crippen molar-refractivity contribution in [3.05, 3.63) is 23.8 Å². The lowest BCUT2D eigenvalue weighted by Crippen LogP contribution is -2.34. The van der Waals surface area contributed by atoms with Gasteiger partial charge in [-0.3, -0.25) is 0 Å². The summed E-state index contributed by atoms with van der Waals surface area (Å²) in [6.45, 7) is 0. The maximum Gasteiger partial charge on any atom is 0.138 e. The molecule has 0 unspecified atom stereocenters. The molecule has 1 aromatic carbocycles. The van der Waals surface area contributed by atoms with Crippen molar-refractivity contribution in [2.24, 2.45) is 0 Å². The molecule has 3 heteroatoms. The molecule has 0 aliphatic heterocycles. The molecular formula is C12H16O2S. The Hall–Kier alpha value is -0.670. The first-order valence-corrected chi connectivity index (χ1v) is 6.37. The minimum absolute atomic E-state index is 0.642. The quantitative estimate of drug-likeness (QED) is 0.801. The van der Waals surface area contributed by atoms with Crippen molar-refractivity contribution in [1.29, 1.82) is 0 Å². The Kier molecular flexibility index (Phi) is 2.94. The Bertz CT molecular complexity index is 359. The lowest BCUT2D eigenvalue weighted by atomic mass is 9.75. The van der Waals surface area contributed by atoms with E-state index in [1.54, 1.807) is 18.9 Å². The molecule has 1 aliphatic carbocycles. The van der Waals surface area contributed by atoms with Crippen molar-refractivity contribution in [3.63, 3.8) is 0 Å². The highest BCUT2D eigenvalue weighted by Crippen LogP contribution is 2.46. The number of aliphatic hydroxyl groups is 1. The second-order valence-corrected chi connectivity index (χ2v) is 4.77. The van der Waals surface area contributed by atoms with Gasteiger partial charge in [-0.2, -0.15) is 0 Å². The summed E-state index contributed by atoms with van der Waals surface area (Å²) in [5.74, 6) is 0.840. The highest BCUT2D eigenvalue weighted by atomic mass is 32.2. The van der Waals surface area contributed by atoms with Crippen LogP contribution in [0.2, 0.25) is 0 Å². The van der Waals surface area contributed by atoms with Crippen LogP contribution in [0, 0.1) is 0 Å². The smallest absolute Gasteiger partial charge is 0.138 e. The molecule has 1 aromatic rings. The first kappa shape index (κ1) is 10.8.